The second-order valence-electron chi connectivity index (χ2n) is 7.10. The number of sulfonamides is 1. The molecule has 3 heterocycles. The lowest BCUT2D eigenvalue weighted by Gasteiger charge is -2.33. The standard InChI is InChI=1S/C20H22N6O3S2/c1-2-25-19(17-7-5-13-29-17)22-26(20(25)30)15-23-9-11-24(12-10-23)31(27,28)18-8-4-3-6-16(18)14-21/h3-8,13H,2,9-12,15H2,1H3. The molecule has 0 unspecified atom stereocenters. The van der Waals surface area contributed by atoms with Crippen LogP contribution in [0.15, 0.2) is 52.0 Å². The van der Waals surface area contributed by atoms with Crippen LogP contribution in [0, 0.1) is 16.1 Å². The summed E-state index contributed by atoms with van der Waals surface area (Å²) >= 11 is 5.59. The number of aromatic nitrogens is 3. The van der Waals surface area contributed by atoms with Crippen LogP contribution in [-0.4, -0.2) is 58.1 Å². The van der Waals surface area contributed by atoms with Gasteiger partial charge in [0.2, 0.25) is 10.0 Å². The first-order valence-electron chi connectivity index (χ1n) is 9.89. The van der Waals surface area contributed by atoms with Crippen molar-refractivity contribution in [3.63, 3.8) is 0 Å². The Balaban J connectivity index is 1.48. The number of nitrogens with zero attached hydrogens (tertiary/aromatic N) is 6. The molecule has 31 heavy (non-hydrogen) atoms. The Hall–Kier alpha value is -2.78. The van der Waals surface area contributed by atoms with Crippen LogP contribution < -0.4 is 0 Å². The van der Waals surface area contributed by atoms with Crippen molar-refractivity contribution in [3.8, 4) is 17.7 Å². The SMILES string of the molecule is CCn1c(-c2ccco2)nn(CN2CCN(S(=O)(=O)c3ccccc3C#N)CC2)c1=S. The van der Waals surface area contributed by atoms with E-state index in [1.165, 1.54) is 16.4 Å². The van der Waals surface area contributed by atoms with E-state index in [2.05, 4.69) is 10.00 Å². The quantitative estimate of drug-likeness (QED) is 0.523. The Kier molecular flexibility index (Phi) is 6.06. The fourth-order valence-corrected chi connectivity index (χ4v) is 5.51. The van der Waals surface area contributed by atoms with E-state index < -0.39 is 10.0 Å². The summed E-state index contributed by atoms with van der Waals surface area (Å²) in [5.41, 5.74) is 0.159. The van der Waals surface area contributed by atoms with Crippen molar-refractivity contribution in [1.29, 1.82) is 5.26 Å². The number of nitriles is 1. The van der Waals surface area contributed by atoms with Crippen LogP contribution in [0.5, 0.6) is 0 Å². The monoisotopic (exact) mass is 458 g/mol. The summed E-state index contributed by atoms with van der Waals surface area (Å²) in [5.74, 6) is 1.32. The maximum Gasteiger partial charge on any atom is 0.244 e. The highest BCUT2D eigenvalue weighted by Gasteiger charge is 2.30. The van der Waals surface area contributed by atoms with Gasteiger partial charge in [0.15, 0.2) is 16.4 Å². The summed E-state index contributed by atoms with van der Waals surface area (Å²) in [6, 6.07) is 11.9. The smallest absolute Gasteiger partial charge is 0.244 e. The third kappa shape index (κ3) is 4.07. The van der Waals surface area contributed by atoms with Crippen LogP contribution in [0.25, 0.3) is 11.6 Å². The fourth-order valence-electron chi connectivity index (χ4n) is 3.63. The predicted molar refractivity (Wildman–Crippen MR) is 116 cm³/mol. The number of piperazine rings is 1. The number of hydrogen-bond donors (Lipinski definition) is 0. The Morgan fingerprint density at radius 1 is 1.16 bits per heavy atom. The molecule has 0 spiro atoms. The summed E-state index contributed by atoms with van der Waals surface area (Å²) in [6.07, 6.45) is 1.60. The molecular formula is C20H22N6O3S2. The highest BCUT2D eigenvalue weighted by Crippen LogP contribution is 2.22. The van der Waals surface area contributed by atoms with Gasteiger partial charge in [-0.15, -0.1) is 5.10 Å². The number of rotatable bonds is 6. The number of hydrogen-bond acceptors (Lipinski definition) is 7. The molecule has 11 heteroatoms. The zero-order valence-electron chi connectivity index (χ0n) is 17.0. The first-order chi connectivity index (χ1) is 15.0. The molecule has 0 amide bonds. The fraction of sp³-hybridized carbons (Fsp3) is 0.350. The molecule has 3 aromatic rings. The van der Waals surface area contributed by atoms with Gasteiger partial charge in [0.1, 0.15) is 6.07 Å². The molecule has 0 atom stereocenters. The Bertz CT molecular complexity index is 1260. The van der Waals surface area contributed by atoms with Crippen molar-refractivity contribution in [2.45, 2.75) is 25.0 Å². The van der Waals surface area contributed by atoms with Gasteiger partial charge in [-0.25, -0.2) is 13.1 Å². The van der Waals surface area contributed by atoms with Crippen LogP contribution in [0.4, 0.5) is 0 Å². The molecule has 1 saturated heterocycles. The highest BCUT2D eigenvalue weighted by atomic mass is 32.2. The average molecular weight is 459 g/mol. The lowest BCUT2D eigenvalue weighted by molar-refractivity contribution is 0.144. The van der Waals surface area contributed by atoms with E-state index in [0.717, 1.165) is 0 Å². The predicted octanol–water partition coefficient (Wildman–Crippen LogP) is 2.53. The maximum atomic E-state index is 13.0. The van der Waals surface area contributed by atoms with Gasteiger partial charge in [0, 0.05) is 32.7 Å². The summed E-state index contributed by atoms with van der Waals surface area (Å²) in [7, 11) is -3.72. The van der Waals surface area contributed by atoms with E-state index >= 15 is 0 Å². The first-order valence-corrected chi connectivity index (χ1v) is 11.7. The second kappa shape index (κ2) is 8.76. The van der Waals surface area contributed by atoms with Crippen LogP contribution >= 0.6 is 12.2 Å². The van der Waals surface area contributed by atoms with E-state index in [-0.39, 0.29) is 10.5 Å². The lowest BCUT2D eigenvalue weighted by atomic mass is 10.2. The van der Waals surface area contributed by atoms with Crippen molar-refractivity contribution in [3.05, 3.63) is 53.0 Å². The van der Waals surface area contributed by atoms with E-state index in [1.54, 1.807) is 23.1 Å². The Labute approximate surface area is 185 Å². The van der Waals surface area contributed by atoms with Gasteiger partial charge in [-0.1, -0.05) is 12.1 Å². The van der Waals surface area contributed by atoms with Crippen LogP contribution in [0.2, 0.25) is 0 Å². The topological polar surface area (TPSA) is 100 Å². The second-order valence-corrected chi connectivity index (χ2v) is 9.37. The Morgan fingerprint density at radius 2 is 1.90 bits per heavy atom. The van der Waals surface area contributed by atoms with Gasteiger partial charge in [-0.05, 0) is 43.4 Å². The van der Waals surface area contributed by atoms with Crippen molar-refractivity contribution >= 4 is 22.2 Å². The molecule has 0 saturated carbocycles. The van der Waals surface area contributed by atoms with E-state index in [9.17, 15) is 13.7 Å². The van der Waals surface area contributed by atoms with Gasteiger partial charge in [-0.3, -0.25) is 9.47 Å². The first kappa shape index (κ1) is 21.5. The van der Waals surface area contributed by atoms with Crippen molar-refractivity contribution < 1.29 is 12.8 Å². The highest BCUT2D eigenvalue weighted by molar-refractivity contribution is 7.89. The summed E-state index contributed by atoms with van der Waals surface area (Å²) in [4.78, 5) is 2.16. The van der Waals surface area contributed by atoms with Crippen LogP contribution in [0.3, 0.4) is 0 Å². The normalized spacial score (nSPS) is 15.7. The molecule has 4 rings (SSSR count). The zero-order valence-corrected chi connectivity index (χ0v) is 18.6. The minimum absolute atomic E-state index is 0.0537. The summed E-state index contributed by atoms with van der Waals surface area (Å²) < 4.78 is 37.2. The van der Waals surface area contributed by atoms with Crippen molar-refractivity contribution in [2.75, 3.05) is 26.2 Å². The molecule has 1 aliphatic heterocycles. The van der Waals surface area contributed by atoms with Gasteiger partial charge in [0.05, 0.1) is 23.4 Å². The summed E-state index contributed by atoms with van der Waals surface area (Å²) in [5, 5.41) is 13.9. The number of benzene rings is 1. The van der Waals surface area contributed by atoms with E-state index in [4.69, 9.17) is 16.6 Å². The van der Waals surface area contributed by atoms with Gasteiger partial charge >= 0.3 is 0 Å². The molecule has 9 nitrogen and oxygen atoms in total. The largest absolute Gasteiger partial charge is 0.461 e. The van der Waals surface area contributed by atoms with Crippen molar-refractivity contribution in [1.82, 2.24) is 23.6 Å². The molecule has 0 radical (unpaired) electrons. The average Bonchev–Trinajstić information content (AvgIpc) is 3.42. The minimum Gasteiger partial charge on any atom is -0.461 e. The van der Waals surface area contributed by atoms with E-state index in [1.807, 2.05) is 29.7 Å². The maximum absolute atomic E-state index is 13.0. The van der Waals surface area contributed by atoms with Gasteiger partial charge < -0.3 is 4.42 Å². The van der Waals surface area contributed by atoms with Crippen LogP contribution in [0.1, 0.15) is 12.5 Å². The molecule has 1 fully saturated rings. The summed E-state index contributed by atoms with van der Waals surface area (Å²) in [6.45, 7) is 4.85. The molecule has 1 aromatic carbocycles. The minimum atomic E-state index is -3.72. The van der Waals surface area contributed by atoms with Crippen LogP contribution in [-0.2, 0) is 23.2 Å². The van der Waals surface area contributed by atoms with Gasteiger partial charge in [0.25, 0.3) is 0 Å². The lowest BCUT2D eigenvalue weighted by Crippen LogP contribution is -2.49. The molecule has 2 aromatic heterocycles. The number of furan rings is 1. The third-order valence-electron chi connectivity index (χ3n) is 5.27. The van der Waals surface area contributed by atoms with Crippen molar-refractivity contribution in [2.24, 2.45) is 0 Å². The Morgan fingerprint density at radius 3 is 2.55 bits per heavy atom. The zero-order chi connectivity index (χ0) is 22.0. The van der Waals surface area contributed by atoms with Gasteiger partial charge in [-0.2, -0.15) is 9.57 Å². The molecule has 0 bridgehead atoms. The molecular weight excluding hydrogens is 436 g/mol. The van der Waals surface area contributed by atoms with E-state index in [0.29, 0.717) is 55.7 Å². The third-order valence-corrected chi connectivity index (χ3v) is 7.66. The molecule has 162 valence electrons. The molecule has 0 N–H and O–H groups in total. The molecule has 1 aliphatic rings. The molecule has 0 aliphatic carbocycles.